The van der Waals surface area contributed by atoms with Gasteiger partial charge in [-0.3, -0.25) is 4.79 Å². The molecule has 0 heterocycles. The van der Waals surface area contributed by atoms with Crippen molar-refractivity contribution in [3.8, 4) is 0 Å². The van der Waals surface area contributed by atoms with Gasteiger partial charge in [0.1, 0.15) is 0 Å². The monoisotopic (exact) mass is 198 g/mol. The van der Waals surface area contributed by atoms with Gasteiger partial charge in [-0.2, -0.15) is 0 Å². The molecule has 0 radical (unpaired) electrons. The molecule has 2 fully saturated rings. The maximum absolute atomic E-state index is 11.1. The molecule has 14 heavy (non-hydrogen) atoms. The van der Waals surface area contributed by atoms with E-state index in [2.05, 4.69) is 0 Å². The smallest absolute Gasteiger partial charge is 0.237 e. The van der Waals surface area contributed by atoms with Gasteiger partial charge < -0.3 is 16.2 Å². The molecule has 0 spiro atoms. The SMILES string of the molecule is NC(=O)C1(N)CCC(OCC2CC2)C1. The molecular formula is C10H18N2O2. The topological polar surface area (TPSA) is 78.3 Å². The van der Waals surface area contributed by atoms with Gasteiger partial charge >= 0.3 is 0 Å². The number of carbonyl (C=O) groups excluding carboxylic acids is 1. The van der Waals surface area contributed by atoms with Crippen LogP contribution in [-0.4, -0.2) is 24.2 Å². The van der Waals surface area contributed by atoms with Crippen molar-refractivity contribution in [3.63, 3.8) is 0 Å². The summed E-state index contributed by atoms with van der Waals surface area (Å²) in [5.74, 6) is 0.367. The first-order valence-electron chi connectivity index (χ1n) is 5.30. The summed E-state index contributed by atoms with van der Waals surface area (Å²) in [6, 6.07) is 0. The Morgan fingerprint density at radius 2 is 2.14 bits per heavy atom. The standard InChI is InChI=1S/C10H18N2O2/c11-9(13)10(12)4-3-8(5-10)14-6-7-1-2-7/h7-8H,1-6,12H2,(H2,11,13). The summed E-state index contributed by atoms with van der Waals surface area (Å²) >= 11 is 0. The lowest BCUT2D eigenvalue weighted by Gasteiger charge is -2.19. The molecule has 2 unspecified atom stereocenters. The van der Waals surface area contributed by atoms with Crippen molar-refractivity contribution in [1.82, 2.24) is 0 Å². The van der Waals surface area contributed by atoms with Crippen LogP contribution in [0.25, 0.3) is 0 Å². The van der Waals surface area contributed by atoms with E-state index in [4.69, 9.17) is 16.2 Å². The Labute approximate surface area is 84.0 Å². The van der Waals surface area contributed by atoms with Gasteiger partial charge in [0.15, 0.2) is 0 Å². The summed E-state index contributed by atoms with van der Waals surface area (Å²) in [6.07, 6.45) is 4.85. The van der Waals surface area contributed by atoms with Gasteiger partial charge in [-0.05, 0) is 31.6 Å². The van der Waals surface area contributed by atoms with Crippen LogP contribution in [0, 0.1) is 5.92 Å². The van der Waals surface area contributed by atoms with Crippen LogP contribution in [0.15, 0.2) is 0 Å². The minimum atomic E-state index is -0.811. The molecule has 0 bridgehead atoms. The molecule has 2 aliphatic carbocycles. The van der Waals surface area contributed by atoms with Crippen molar-refractivity contribution in [2.24, 2.45) is 17.4 Å². The highest BCUT2D eigenvalue weighted by atomic mass is 16.5. The van der Waals surface area contributed by atoms with Gasteiger partial charge in [-0.1, -0.05) is 0 Å². The molecule has 2 saturated carbocycles. The molecular weight excluding hydrogens is 180 g/mol. The van der Waals surface area contributed by atoms with Crippen LogP contribution in [0.2, 0.25) is 0 Å². The molecule has 2 aliphatic rings. The summed E-state index contributed by atoms with van der Waals surface area (Å²) in [5, 5.41) is 0. The number of nitrogens with two attached hydrogens (primary N) is 2. The molecule has 4 N–H and O–H groups in total. The van der Waals surface area contributed by atoms with E-state index in [1.807, 2.05) is 0 Å². The van der Waals surface area contributed by atoms with E-state index >= 15 is 0 Å². The third kappa shape index (κ3) is 2.07. The fourth-order valence-electron chi connectivity index (χ4n) is 1.95. The summed E-state index contributed by atoms with van der Waals surface area (Å²) < 4.78 is 5.68. The molecule has 80 valence electrons. The van der Waals surface area contributed by atoms with Gasteiger partial charge in [0.25, 0.3) is 0 Å². The summed E-state index contributed by atoms with van der Waals surface area (Å²) in [5.41, 5.74) is 10.3. The number of hydrogen-bond donors (Lipinski definition) is 2. The second-order valence-electron chi connectivity index (χ2n) is 4.66. The van der Waals surface area contributed by atoms with E-state index in [-0.39, 0.29) is 6.10 Å². The Hall–Kier alpha value is -0.610. The zero-order valence-electron chi connectivity index (χ0n) is 8.37. The van der Waals surface area contributed by atoms with E-state index in [1.54, 1.807) is 0 Å². The fraction of sp³-hybridized carbons (Fsp3) is 0.900. The molecule has 2 rings (SSSR count). The molecule has 0 aromatic heterocycles. The summed E-state index contributed by atoms with van der Waals surface area (Å²) in [7, 11) is 0. The van der Waals surface area contributed by atoms with Crippen LogP contribution in [-0.2, 0) is 9.53 Å². The van der Waals surface area contributed by atoms with Gasteiger partial charge in [-0.25, -0.2) is 0 Å². The zero-order valence-corrected chi connectivity index (χ0v) is 8.37. The summed E-state index contributed by atoms with van der Waals surface area (Å²) in [6.45, 7) is 0.833. The third-order valence-corrected chi connectivity index (χ3v) is 3.26. The fourth-order valence-corrected chi connectivity index (χ4v) is 1.95. The molecule has 0 aliphatic heterocycles. The molecule has 2 atom stereocenters. The number of amides is 1. The lowest BCUT2D eigenvalue weighted by atomic mass is 9.99. The number of rotatable bonds is 4. The maximum Gasteiger partial charge on any atom is 0.237 e. The third-order valence-electron chi connectivity index (χ3n) is 3.26. The zero-order chi connectivity index (χ0) is 10.2. The van der Waals surface area contributed by atoms with E-state index in [0.717, 1.165) is 18.9 Å². The van der Waals surface area contributed by atoms with Crippen molar-refractivity contribution < 1.29 is 9.53 Å². The molecule has 4 nitrogen and oxygen atoms in total. The van der Waals surface area contributed by atoms with Gasteiger partial charge in [-0.15, -0.1) is 0 Å². The number of carbonyl (C=O) groups is 1. The first kappa shape index (κ1) is 9.93. The van der Waals surface area contributed by atoms with Crippen LogP contribution in [0.1, 0.15) is 32.1 Å². The Morgan fingerprint density at radius 1 is 1.43 bits per heavy atom. The lowest BCUT2D eigenvalue weighted by molar-refractivity contribution is -0.123. The molecule has 0 saturated heterocycles. The van der Waals surface area contributed by atoms with Gasteiger partial charge in [0.05, 0.1) is 11.6 Å². The van der Waals surface area contributed by atoms with Crippen molar-refractivity contribution in [2.75, 3.05) is 6.61 Å². The van der Waals surface area contributed by atoms with Crippen LogP contribution in [0.5, 0.6) is 0 Å². The minimum absolute atomic E-state index is 0.146. The van der Waals surface area contributed by atoms with Gasteiger partial charge in [0, 0.05) is 13.0 Å². The van der Waals surface area contributed by atoms with Crippen molar-refractivity contribution in [2.45, 2.75) is 43.7 Å². The lowest BCUT2D eigenvalue weighted by Crippen LogP contribution is -2.50. The quantitative estimate of drug-likeness (QED) is 0.675. The molecule has 1 amide bonds. The predicted octanol–water partition coefficient (Wildman–Crippen LogP) is 0.148. The highest BCUT2D eigenvalue weighted by molar-refractivity contribution is 5.84. The Balaban J connectivity index is 1.78. The highest BCUT2D eigenvalue weighted by Crippen LogP contribution is 2.33. The van der Waals surface area contributed by atoms with Crippen LogP contribution in [0.3, 0.4) is 0 Å². The predicted molar refractivity (Wildman–Crippen MR) is 52.4 cm³/mol. The van der Waals surface area contributed by atoms with Crippen molar-refractivity contribution >= 4 is 5.91 Å². The molecule has 0 aromatic rings. The number of ether oxygens (including phenoxy) is 1. The Kier molecular flexibility index (Phi) is 2.49. The van der Waals surface area contributed by atoms with E-state index in [9.17, 15) is 4.79 Å². The van der Waals surface area contributed by atoms with Crippen molar-refractivity contribution in [1.29, 1.82) is 0 Å². The van der Waals surface area contributed by atoms with Crippen LogP contribution >= 0.6 is 0 Å². The average molecular weight is 198 g/mol. The number of hydrogen-bond acceptors (Lipinski definition) is 3. The molecule has 0 aromatic carbocycles. The second kappa shape index (κ2) is 3.51. The van der Waals surface area contributed by atoms with E-state index in [0.29, 0.717) is 12.8 Å². The normalized spacial score (nSPS) is 37.4. The van der Waals surface area contributed by atoms with E-state index in [1.165, 1.54) is 12.8 Å². The summed E-state index contributed by atoms with van der Waals surface area (Å²) in [4.78, 5) is 11.1. The number of primary amides is 1. The van der Waals surface area contributed by atoms with Crippen molar-refractivity contribution in [3.05, 3.63) is 0 Å². The minimum Gasteiger partial charge on any atom is -0.378 e. The maximum atomic E-state index is 11.1. The Morgan fingerprint density at radius 3 is 2.64 bits per heavy atom. The Bertz CT molecular complexity index is 240. The average Bonchev–Trinajstić information content (AvgIpc) is 2.87. The first-order chi connectivity index (χ1) is 6.60. The van der Waals surface area contributed by atoms with Gasteiger partial charge in [0.2, 0.25) is 5.91 Å². The highest BCUT2D eigenvalue weighted by Gasteiger charge is 2.41. The molecule has 4 heteroatoms. The van der Waals surface area contributed by atoms with Crippen LogP contribution in [0.4, 0.5) is 0 Å². The van der Waals surface area contributed by atoms with E-state index < -0.39 is 11.4 Å². The first-order valence-corrected chi connectivity index (χ1v) is 5.30. The second-order valence-corrected chi connectivity index (χ2v) is 4.66. The largest absolute Gasteiger partial charge is 0.378 e. The van der Waals surface area contributed by atoms with Crippen LogP contribution < -0.4 is 11.5 Å².